The molecule has 0 aromatic carbocycles. The minimum atomic E-state index is -3.38. The van der Waals surface area contributed by atoms with Gasteiger partial charge in [0.1, 0.15) is 10.1 Å². The molecule has 0 spiro atoms. The lowest BCUT2D eigenvalue weighted by atomic mass is 10.2. The van der Waals surface area contributed by atoms with Crippen LogP contribution in [0.3, 0.4) is 0 Å². The van der Waals surface area contributed by atoms with Gasteiger partial charge in [0, 0.05) is 5.56 Å². The quantitative estimate of drug-likeness (QED) is 0.748. The van der Waals surface area contributed by atoms with Gasteiger partial charge in [0.2, 0.25) is 0 Å². The van der Waals surface area contributed by atoms with Crippen molar-refractivity contribution in [2.24, 2.45) is 5.92 Å². The van der Waals surface area contributed by atoms with Crippen molar-refractivity contribution in [3.8, 4) is 0 Å². The van der Waals surface area contributed by atoms with E-state index in [1.807, 2.05) is 13.8 Å². The Kier molecular flexibility index (Phi) is 5.65. The number of rotatable bonds is 6. The first kappa shape index (κ1) is 16.0. The first-order valence-electron chi connectivity index (χ1n) is 5.39. The number of thiophene rings is 1. The summed E-state index contributed by atoms with van der Waals surface area (Å²) in [5, 5.41) is 0. The molecule has 1 aromatic rings. The maximum absolute atomic E-state index is 11.8. The smallest absolute Gasteiger partial charge is 0.180 e. The highest BCUT2D eigenvalue weighted by Gasteiger charge is 2.21. The molecule has 0 saturated carbocycles. The highest BCUT2D eigenvalue weighted by molar-refractivity contribution is 7.92. The Morgan fingerprint density at radius 1 is 1.39 bits per heavy atom. The Bertz CT molecular complexity index is 532. The van der Waals surface area contributed by atoms with Crippen LogP contribution in [-0.4, -0.2) is 25.7 Å². The zero-order chi connectivity index (χ0) is 13.9. The molecule has 0 aliphatic carbocycles. The zero-order valence-electron chi connectivity index (χ0n) is 10.1. The predicted octanol–water partition coefficient (Wildman–Crippen LogP) is 3.70. The second-order valence-electron chi connectivity index (χ2n) is 4.44. The summed E-state index contributed by atoms with van der Waals surface area (Å²) >= 11 is 12.6. The van der Waals surface area contributed by atoms with E-state index in [0.29, 0.717) is 10.8 Å². The monoisotopic (exact) mass is 328 g/mol. The van der Waals surface area contributed by atoms with Crippen molar-refractivity contribution in [3.05, 3.63) is 20.3 Å². The van der Waals surface area contributed by atoms with Crippen LogP contribution in [0.25, 0.3) is 0 Å². The fraction of sp³-hybridized carbons (Fsp3) is 0.545. The molecular weight excluding hydrogens is 315 g/mol. The first-order valence-corrected chi connectivity index (χ1v) is 8.79. The van der Waals surface area contributed by atoms with E-state index in [2.05, 4.69) is 0 Å². The van der Waals surface area contributed by atoms with Gasteiger partial charge in [-0.2, -0.15) is 0 Å². The molecule has 0 amide bonds. The normalized spacial score (nSPS) is 12.1. The Balaban J connectivity index is 2.73. The molecule has 0 radical (unpaired) electrons. The predicted molar refractivity (Wildman–Crippen MR) is 76.8 cm³/mol. The summed E-state index contributed by atoms with van der Waals surface area (Å²) in [6, 6.07) is 1.41. The molecule has 3 nitrogen and oxygen atoms in total. The highest BCUT2D eigenvalue weighted by Crippen LogP contribution is 2.31. The molecule has 1 heterocycles. The van der Waals surface area contributed by atoms with Gasteiger partial charge in [0.15, 0.2) is 15.6 Å². The van der Waals surface area contributed by atoms with Gasteiger partial charge in [-0.1, -0.05) is 37.0 Å². The van der Waals surface area contributed by atoms with Crippen molar-refractivity contribution < 1.29 is 13.2 Å². The van der Waals surface area contributed by atoms with Crippen LogP contribution < -0.4 is 0 Å². The first-order chi connectivity index (χ1) is 8.21. The van der Waals surface area contributed by atoms with Crippen molar-refractivity contribution >= 4 is 50.2 Å². The van der Waals surface area contributed by atoms with Crippen LogP contribution >= 0.6 is 34.5 Å². The lowest BCUT2D eigenvalue weighted by Crippen LogP contribution is -2.19. The standard InChI is InChI=1S/C11H14Cl2O3S2/c1-7(2)3-4-18(15,16)6-9(14)8-5-10(12)17-11(8)13/h5,7H,3-4,6H2,1-2H3. The lowest BCUT2D eigenvalue weighted by molar-refractivity contribution is 0.102. The van der Waals surface area contributed by atoms with Crippen molar-refractivity contribution in [2.75, 3.05) is 11.5 Å². The Morgan fingerprint density at radius 2 is 2.00 bits per heavy atom. The van der Waals surface area contributed by atoms with Crippen LogP contribution in [-0.2, 0) is 9.84 Å². The molecule has 1 rings (SSSR count). The number of ketones is 1. The van der Waals surface area contributed by atoms with E-state index in [1.165, 1.54) is 6.07 Å². The van der Waals surface area contributed by atoms with Crippen LogP contribution in [0.2, 0.25) is 8.67 Å². The van der Waals surface area contributed by atoms with Crippen LogP contribution in [0, 0.1) is 5.92 Å². The fourth-order valence-electron chi connectivity index (χ4n) is 1.30. The summed E-state index contributed by atoms with van der Waals surface area (Å²) < 4.78 is 24.1. The number of sulfone groups is 1. The Hall–Kier alpha value is -0.100. The highest BCUT2D eigenvalue weighted by atomic mass is 35.5. The Morgan fingerprint density at radius 3 is 2.44 bits per heavy atom. The van der Waals surface area contributed by atoms with E-state index in [1.54, 1.807) is 0 Å². The van der Waals surface area contributed by atoms with Gasteiger partial charge in [-0.15, -0.1) is 11.3 Å². The van der Waals surface area contributed by atoms with Crippen molar-refractivity contribution in [3.63, 3.8) is 0 Å². The molecule has 0 unspecified atom stereocenters. The fourth-order valence-corrected chi connectivity index (χ4v) is 4.32. The van der Waals surface area contributed by atoms with Gasteiger partial charge >= 0.3 is 0 Å². The number of carbonyl (C=O) groups is 1. The second kappa shape index (κ2) is 6.37. The van der Waals surface area contributed by atoms with Crippen molar-refractivity contribution in [1.29, 1.82) is 0 Å². The minimum absolute atomic E-state index is 0.0197. The summed E-state index contributed by atoms with van der Waals surface area (Å²) in [4.78, 5) is 11.8. The molecule has 7 heteroatoms. The average molecular weight is 329 g/mol. The van der Waals surface area contributed by atoms with E-state index < -0.39 is 21.4 Å². The van der Waals surface area contributed by atoms with Crippen LogP contribution in [0.15, 0.2) is 6.07 Å². The molecule has 102 valence electrons. The van der Waals surface area contributed by atoms with E-state index in [-0.39, 0.29) is 21.6 Å². The largest absolute Gasteiger partial charge is 0.293 e. The average Bonchev–Trinajstić information content (AvgIpc) is 2.54. The zero-order valence-corrected chi connectivity index (χ0v) is 13.2. The second-order valence-corrected chi connectivity index (χ2v) is 8.91. The molecule has 0 aliphatic heterocycles. The van der Waals surface area contributed by atoms with Crippen LogP contribution in [0.1, 0.15) is 30.6 Å². The topological polar surface area (TPSA) is 51.2 Å². The van der Waals surface area contributed by atoms with Crippen LogP contribution in [0.5, 0.6) is 0 Å². The van der Waals surface area contributed by atoms with Gasteiger partial charge in [-0.25, -0.2) is 8.42 Å². The number of hydrogen-bond donors (Lipinski definition) is 0. The number of carbonyl (C=O) groups excluding carboxylic acids is 1. The maximum Gasteiger partial charge on any atom is 0.180 e. The van der Waals surface area contributed by atoms with E-state index >= 15 is 0 Å². The Labute approximate surface area is 121 Å². The molecule has 18 heavy (non-hydrogen) atoms. The summed E-state index contributed by atoms with van der Waals surface area (Å²) in [5.74, 6) is -0.695. The van der Waals surface area contributed by atoms with E-state index in [9.17, 15) is 13.2 Å². The van der Waals surface area contributed by atoms with Gasteiger partial charge < -0.3 is 0 Å². The molecule has 0 N–H and O–H groups in total. The maximum atomic E-state index is 11.8. The summed E-state index contributed by atoms with van der Waals surface area (Å²) in [6.07, 6.45) is 0.549. The van der Waals surface area contributed by atoms with Crippen molar-refractivity contribution in [2.45, 2.75) is 20.3 Å². The van der Waals surface area contributed by atoms with Crippen LogP contribution in [0.4, 0.5) is 0 Å². The van der Waals surface area contributed by atoms with Gasteiger partial charge in [0.05, 0.1) is 10.1 Å². The van der Waals surface area contributed by atoms with Gasteiger partial charge in [0.25, 0.3) is 0 Å². The molecule has 0 saturated heterocycles. The summed E-state index contributed by atoms with van der Waals surface area (Å²) in [5.41, 5.74) is 0.194. The molecule has 1 aromatic heterocycles. The van der Waals surface area contributed by atoms with Crippen molar-refractivity contribution in [1.82, 2.24) is 0 Å². The SMILES string of the molecule is CC(C)CCS(=O)(=O)CC(=O)c1cc(Cl)sc1Cl. The van der Waals surface area contributed by atoms with E-state index in [0.717, 1.165) is 11.3 Å². The number of halogens is 2. The summed E-state index contributed by atoms with van der Waals surface area (Å²) in [7, 11) is -3.38. The molecular formula is C11H14Cl2O3S2. The third-order valence-electron chi connectivity index (χ3n) is 2.31. The van der Waals surface area contributed by atoms with E-state index in [4.69, 9.17) is 23.2 Å². The third kappa shape index (κ3) is 4.88. The third-order valence-corrected chi connectivity index (χ3v) is 5.36. The van der Waals surface area contributed by atoms with Gasteiger partial charge in [-0.3, -0.25) is 4.79 Å². The molecule has 0 aliphatic rings. The molecule has 0 atom stereocenters. The molecule has 0 fully saturated rings. The minimum Gasteiger partial charge on any atom is -0.293 e. The summed E-state index contributed by atoms with van der Waals surface area (Å²) in [6.45, 7) is 3.87. The van der Waals surface area contributed by atoms with Gasteiger partial charge in [-0.05, 0) is 18.4 Å². The lowest BCUT2D eigenvalue weighted by Gasteiger charge is -2.05. The number of hydrogen-bond acceptors (Lipinski definition) is 4. The number of Topliss-reactive ketones (excluding diaryl/α,β-unsaturated/α-hetero) is 1. The molecule has 0 bridgehead atoms.